The number of oxazole rings is 2. The molecule has 5 N–H and O–H groups in total. The van der Waals surface area contributed by atoms with Crippen LogP contribution >= 0.6 is 0 Å². The van der Waals surface area contributed by atoms with Gasteiger partial charge in [0.15, 0.2) is 23.4 Å². The second kappa shape index (κ2) is 10.8. The quantitative estimate of drug-likeness (QED) is 0.153. The highest BCUT2D eigenvalue weighted by atomic mass is 16.5. The van der Waals surface area contributed by atoms with Crippen LogP contribution < -0.4 is 20.7 Å². The van der Waals surface area contributed by atoms with Crippen molar-refractivity contribution >= 4 is 28.4 Å². The molecule has 0 saturated carbocycles. The van der Waals surface area contributed by atoms with Gasteiger partial charge in [0, 0.05) is 51.5 Å². The number of benzene rings is 3. The fourth-order valence-corrected chi connectivity index (χ4v) is 8.42. The SMILES string of the molecule is CC(C)[C@H](O)C(=O)N[C@H]1Cc2ccc3c(c2)C24c5cccc(c5N[C@H]2O3)-c2cccc3[nH]cc(c23)-c2cnc(o2)-c2nc(oc24)[C@H](C(C)C)NC1=O. The zero-order valence-electron chi connectivity index (χ0n) is 28.9. The van der Waals surface area contributed by atoms with Crippen LogP contribution in [0.2, 0.25) is 0 Å². The molecule has 1 spiro atoms. The predicted octanol–water partition coefficient (Wildman–Crippen LogP) is 5.81. The summed E-state index contributed by atoms with van der Waals surface area (Å²) in [7, 11) is 0. The number of rotatable bonds is 4. The number of anilines is 1. The molecule has 4 aliphatic heterocycles. The monoisotopic (exact) mass is 696 g/mol. The largest absolute Gasteiger partial charge is 0.469 e. The molecular weight excluding hydrogens is 660 g/mol. The van der Waals surface area contributed by atoms with Crippen molar-refractivity contribution in [2.45, 2.75) is 63.9 Å². The van der Waals surface area contributed by atoms with Gasteiger partial charge in [-0.25, -0.2) is 9.97 Å². The molecule has 12 heteroatoms. The van der Waals surface area contributed by atoms with Gasteiger partial charge in [0.1, 0.15) is 29.4 Å². The van der Waals surface area contributed by atoms with Gasteiger partial charge in [-0.1, -0.05) is 70.2 Å². The first-order valence-corrected chi connectivity index (χ1v) is 17.7. The third-order valence-electron chi connectivity index (χ3n) is 11.0. The lowest BCUT2D eigenvalue weighted by molar-refractivity contribution is -0.135. The van der Waals surface area contributed by atoms with Crippen LogP contribution in [0.3, 0.4) is 0 Å². The summed E-state index contributed by atoms with van der Waals surface area (Å²) in [5.74, 6) is 0.694. The number of para-hydroxylation sites is 1. The minimum absolute atomic E-state index is 0.169. The number of ether oxygens (including phenoxy) is 1. The smallest absolute Gasteiger partial charge is 0.249 e. The van der Waals surface area contributed by atoms with E-state index in [9.17, 15) is 14.7 Å². The summed E-state index contributed by atoms with van der Waals surface area (Å²) < 4.78 is 20.4. The van der Waals surface area contributed by atoms with Gasteiger partial charge < -0.3 is 39.6 Å². The lowest BCUT2D eigenvalue weighted by Crippen LogP contribution is -2.52. The molecule has 5 atom stereocenters. The van der Waals surface area contributed by atoms with Gasteiger partial charge in [0.25, 0.3) is 0 Å². The number of carbonyl (C=O) groups is 2. The molecule has 3 aromatic heterocycles. The molecule has 10 rings (SSSR count). The molecule has 1 unspecified atom stereocenters. The number of nitrogens with zero attached hydrogens (tertiary/aromatic N) is 2. The number of hydrogen-bond acceptors (Lipinski definition) is 9. The van der Waals surface area contributed by atoms with Crippen LogP contribution in [0.1, 0.15) is 62.1 Å². The molecule has 4 aliphatic rings. The zero-order chi connectivity index (χ0) is 35.6. The topological polar surface area (TPSA) is 168 Å². The van der Waals surface area contributed by atoms with Crippen molar-refractivity contribution in [2.75, 3.05) is 5.32 Å². The maximum absolute atomic E-state index is 14.1. The second-order valence-electron chi connectivity index (χ2n) is 14.9. The van der Waals surface area contributed by atoms with E-state index in [0.29, 0.717) is 23.0 Å². The summed E-state index contributed by atoms with van der Waals surface area (Å²) in [5, 5.41) is 21.3. The lowest BCUT2D eigenvalue weighted by Gasteiger charge is -2.29. The third kappa shape index (κ3) is 4.12. The number of hydrogen-bond donors (Lipinski definition) is 5. The van der Waals surface area contributed by atoms with Crippen molar-refractivity contribution in [2.24, 2.45) is 11.8 Å². The Morgan fingerprint density at radius 1 is 1.00 bits per heavy atom. The van der Waals surface area contributed by atoms with Gasteiger partial charge >= 0.3 is 0 Å². The Balaban J connectivity index is 1.28. The molecule has 0 saturated heterocycles. The number of H-pyrrole nitrogens is 1. The summed E-state index contributed by atoms with van der Waals surface area (Å²) in [5.41, 5.74) is 6.61. The predicted molar refractivity (Wildman–Crippen MR) is 191 cm³/mol. The molecule has 7 heterocycles. The number of nitrogens with one attached hydrogen (secondary N) is 4. The van der Waals surface area contributed by atoms with Crippen molar-refractivity contribution in [1.29, 1.82) is 0 Å². The van der Waals surface area contributed by atoms with E-state index in [4.69, 9.17) is 23.5 Å². The van der Waals surface area contributed by atoms with E-state index in [1.54, 1.807) is 20.0 Å². The standard InChI is InChI=1S/C40H36N6O6/c1-17(2)30-38-45-32-34(52-38)40-23-9-5-8-21(20-7-6-10-25-29(20)22(15-41-25)28-16-42-37(32)50-28)31(23)46-39(40)51-27-12-11-19(13-24(27)40)14-26(35(48)44-30)43-36(49)33(47)18(3)4/h5-13,15-18,26,30,33,39,41,46-47H,14H2,1-4H3,(H,43,49)(H,44,48)/t26-,30-,33-,39-,40?/m0/s1. The number of aromatic amines is 1. The van der Waals surface area contributed by atoms with Gasteiger partial charge in [-0.2, -0.15) is 0 Å². The van der Waals surface area contributed by atoms with Crippen LogP contribution in [0.5, 0.6) is 5.75 Å². The Hall–Kier alpha value is -5.88. The summed E-state index contributed by atoms with van der Waals surface area (Å²) in [6.07, 6.45) is 1.90. The van der Waals surface area contributed by atoms with Crippen LogP contribution in [-0.2, 0) is 21.4 Å². The maximum Gasteiger partial charge on any atom is 0.249 e. The summed E-state index contributed by atoms with van der Waals surface area (Å²) in [6, 6.07) is 16.6. The fourth-order valence-electron chi connectivity index (χ4n) is 8.42. The third-order valence-corrected chi connectivity index (χ3v) is 11.0. The highest BCUT2D eigenvalue weighted by Crippen LogP contribution is 2.61. The van der Waals surface area contributed by atoms with Crippen LogP contribution in [0.4, 0.5) is 5.69 Å². The highest BCUT2D eigenvalue weighted by molar-refractivity contribution is 6.07. The van der Waals surface area contributed by atoms with E-state index in [1.165, 1.54) is 0 Å². The molecule has 0 aliphatic carbocycles. The summed E-state index contributed by atoms with van der Waals surface area (Å²) in [6.45, 7) is 7.44. The summed E-state index contributed by atoms with van der Waals surface area (Å²) >= 11 is 0. The Labute approximate surface area is 298 Å². The molecule has 0 radical (unpaired) electrons. The Morgan fingerprint density at radius 3 is 2.65 bits per heavy atom. The first-order chi connectivity index (χ1) is 25.1. The maximum atomic E-state index is 14.1. The average Bonchev–Trinajstić information content (AvgIpc) is 3.95. The van der Waals surface area contributed by atoms with Gasteiger partial charge in [-0.05, 0) is 35.1 Å². The van der Waals surface area contributed by atoms with Gasteiger partial charge in [0.2, 0.25) is 23.6 Å². The molecule has 3 aromatic carbocycles. The Bertz CT molecular complexity index is 2480. The fraction of sp³-hybridized carbons (Fsp3) is 0.300. The van der Waals surface area contributed by atoms with E-state index in [-0.39, 0.29) is 30.0 Å². The molecule has 10 bridgehead atoms. The van der Waals surface area contributed by atoms with E-state index in [2.05, 4.69) is 45.2 Å². The zero-order valence-corrected chi connectivity index (χ0v) is 28.9. The normalized spacial score (nSPS) is 22.6. The molecule has 262 valence electrons. The Kier molecular flexibility index (Phi) is 6.43. The van der Waals surface area contributed by atoms with Crippen LogP contribution in [0.15, 0.2) is 75.8 Å². The van der Waals surface area contributed by atoms with E-state index in [1.807, 2.05) is 50.4 Å². The van der Waals surface area contributed by atoms with E-state index in [0.717, 1.165) is 50.0 Å². The minimum Gasteiger partial charge on any atom is -0.469 e. The molecule has 12 nitrogen and oxygen atoms in total. The highest BCUT2D eigenvalue weighted by Gasteiger charge is 2.61. The number of carbonyl (C=O) groups excluding carboxylic acids is 2. The number of fused-ring (bicyclic) bond motifs is 7. The van der Waals surface area contributed by atoms with Crippen molar-refractivity contribution in [3.05, 3.63) is 95.3 Å². The van der Waals surface area contributed by atoms with E-state index >= 15 is 0 Å². The first kappa shape index (κ1) is 30.9. The first-order valence-electron chi connectivity index (χ1n) is 17.7. The number of amides is 2. The lowest BCUT2D eigenvalue weighted by atomic mass is 9.72. The molecule has 6 aromatic rings. The van der Waals surface area contributed by atoms with Crippen molar-refractivity contribution in [1.82, 2.24) is 25.6 Å². The van der Waals surface area contributed by atoms with Crippen molar-refractivity contribution in [3.8, 4) is 39.8 Å². The number of aliphatic hydroxyl groups excluding tert-OH is 1. The summed E-state index contributed by atoms with van der Waals surface area (Å²) in [4.78, 5) is 40.6. The molecule has 52 heavy (non-hydrogen) atoms. The van der Waals surface area contributed by atoms with Gasteiger partial charge in [-0.15, -0.1) is 0 Å². The molecular formula is C40H36N6O6. The molecule has 2 amide bonds. The van der Waals surface area contributed by atoms with Gasteiger partial charge in [-0.3, -0.25) is 9.59 Å². The molecule has 0 fully saturated rings. The van der Waals surface area contributed by atoms with E-state index < -0.39 is 41.6 Å². The van der Waals surface area contributed by atoms with Crippen molar-refractivity contribution in [3.63, 3.8) is 0 Å². The average molecular weight is 697 g/mol. The van der Waals surface area contributed by atoms with Crippen molar-refractivity contribution < 1.29 is 28.3 Å². The minimum atomic E-state index is -1.28. The second-order valence-corrected chi connectivity index (χ2v) is 14.9. The van der Waals surface area contributed by atoms with Crippen LogP contribution in [0.25, 0.3) is 44.9 Å². The van der Waals surface area contributed by atoms with Crippen LogP contribution in [-0.4, -0.2) is 50.2 Å². The number of aromatic nitrogens is 3. The van der Waals surface area contributed by atoms with Crippen LogP contribution in [0, 0.1) is 11.8 Å². The Morgan fingerprint density at radius 2 is 1.83 bits per heavy atom. The van der Waals surface area contributed by atoms with Gasteiger partial charge in [0.05, 0.1) is 6.20 Å². The number of aliphatic hydroxyl groups is 1.